The second-order valence-electron chi connectivity index (χ2n) is 11.5. The van der Waals surface area contributed by atoms with Gasteiger partial charge in [0.25, 0.3) is 0 Å². The molecule has 1 aliphatic carbocycles. The average Bonchev–Trinajstić information content (AvgIpc) is 3.74. The molecule has 0 radical (unpaired) electrons. The van der Waals surface area contributed by atoms with E-state index in [4.69, 9.17) is 20.4 Å². The quantitative estimate of drug-likeness (QED) is 0.236. The molecule has 278 valence electrons. The van der Waals surface area contributed by atoms with Crippen LogP contribution in [-0.4, -0.2) is 90.1 Å². The molecular formula is C38H63BrN4O6. The Morgan fingerprint density at radius 2 is 1.51 bits per heavy atom. The number of aliphatic hydroxyl groups excluding tert-OH is 1. The Kier molecular flexibility index (Phi) is 28.1. The summed E-state index contributed by atoms with van der Waals surface area (Å²) in [6.45, 7) is 13.5. The summed E-state index contributed by atoms with van der Waals surface area (Å²) in [5.41, 5.74) is 7.82. The van der Waals surface area contributed by atoms with Gasteiger partial charge in [-0.25, -0.2) is 0 Å². The lowest BCUT2D eigenvalue weighted by Crippen LogP contribution is -2.56. The van der Waals surface area contributed by atoms with E-state index in [1.807, 2.05) is 65.1 Å². The van der Waals surface area contributed by atoms with Gasteiger partial charge in [-0.05, 0) is 97.4 Å². The van der Waals surface area contributed by atoms with E-state index in [0.717, 1.165) is 49.0 Å². The molecule has 11 heteroatoms. The van der Waals surface area contributed by atoms with Crippen molar-refractivity contribution in [2.75, 3.05) is 20.7 Å². The van der Waals surface area contributed by atoms with Crippen LogP contribution < -0.4 is 11.1 Å². The number of allylic oxidation sites excluding steroid dienone is 4. The standard InChI is InChI=1S/C24H33BrN4O3.C7H12.2C2H4O.C2H6.CH4O/c1-28-19-6-3-2-5-16(19)14-21(28)23(31)27-18(13-15-8-10-17(25)11-9-15)24(32)29-12-4-7-20(29)22(26)30;1-4-6-7(3)5-2;2*1-2-3;2*1-2/h8-11,16,18-21H,2-7,12-14H2,1H3,(H2,26,30)(H,27,31);4-6H,1-3H3;2*2H,1H3;1-2H3;2H,1H3/b;6-4-,7-5-;;;;/t16-,18?,19-,20-,21-;;;;;/m0...../s1. The fourth-order valence-corrected chi connectivity index (χ4v) is 6.45. The van der Waals surface area contributed by atoms with E-state index in [1.54, 1.807) is 4.90 Å². The van der Waals surface area contributed by atoms with Crippen LogP contribution in [0, 0.1) is 5.92 Å². The van der Waals surface area contributed by atoms with Gasteiger partial charge in [-0.2, -0.15) is 0 Å². The molecule has 3 aliphatic rings. The number of fused-ring (bicyclic) bond motifs is 1. The monoisotopic (exact) mass is 750 g/mol. The van der Waals surface area contributed by atoms with Crippen LogP contribution in [-0.2, 0) is 30.4 Å². The molecule has 1 saturated carbocycles. The highest BCUT2D eigenvalue weighted by molar-refractivity contribution is 9.10. The van der Waals surface area contributed by atoms with Gasteiger partial charge >= 0.3 is 0 Å². The van der Waals surface area contributed by atoms with E-state index in [9.17, 15) is 14.4 Å². The van der Waals surface area contributed by atoms with Crippen molar-refractivity contribution in [3.8, 4) is 0 Å². The number of carbonyl (C=O) groups excluding carboxylic acids is 5. The van der Waals surface area contributed by atoms with Crippen LogP contribution in [0.3, 0.4) is 0 Å². The molecule has 10 nitrogen and oxygen atoms in total. The molecule has 0 bridgehead atoms. The number of primary amides is 1. The first-order chi connectivity index (χ1) is 23.5. The minimum absolute atomic E-state index is 0.0906. The Morgan fingerprint density at radius 3 is 1.98 bits per heavy atom. The summed E-state index contributed by atoms with van der Waals surface area (Å²) in [6, 6.07) is 6.67. The van der Waals surface area contributed by atoms with Crippen molar-refractivity contribution in [2.24, 2.45) is 11.7 Å². The van der Waals surface area contributed by atoms with E-state index in [2.05, 4.69) is 45.2 Å². The number of aliphatic hydroxyl groups is 1. The van der Waals surface area contributed by atoms with Gasteiger partial charge in [0.2, 0.25) is 17.7 Å². The van der Waals surface area contributed by atoms with Crippen molar-refractivity contribution in [2.45, 2.75) is 124 Å². The number of aldehydes is 2. The van der Waals surface area contributed by atoms with Crippen LogP contribution >= 0.6 is 15.9 Å². The van der Waals surface area contributed by atoms with Gasteiger partial charge in [-0.15, -0.1) is 0 Å². The molecule has 5 atom stereocenters. The normalized spacial score (nSPS) is 21.5. The number of nitrogens with one attached hydrogen (secondary N) is 1. The lowest BCUT2D eigenvalue weighted by molar-refractivity contribution is -0.141. The number of hydrogen-bond acceptors (Lipinski definition) is 7. The molecule has 4 rings (SSSR count). The number of amides is 3. The predicted octanol–water partition coefficient (Wildman–Crippen LogP) is 5.79. The van der Waals surface area contributed by atoms with Crippen molar-refractivity contribution in [3.05, 3.63) is 58.1 Å². The molecule has 1 unspecified atom stereocenters. The predicted molar refractivity (Wildman–Crippen MR) is 203 cm³/mol. The van der Waals surface area contributed by atoms with Gasteiger partial charge in [0.05, 0.1) is 6.04 Å². The number of rotatable bonds is 7. The molecule has 3 amide bonds. The molecular weight excluding hydrogens is 688 g/mol. The molecule has 1 aromatic carbocycles. The first kappa shape index (κ1) is 48.0. The van der Waals surface area contributed by atoms with Crippen LogP contribution in [0.2, 0.25) is 0 Å². The summed E-state index contributed by atoms with van der Waals surface area (Å²) in [5, 5.41) is 10.1. The Bertz CT molecular complexity index is 1150. The lowest BCUT2D eigenvalue weighted by Gasteiger charge is -2.31. The minimum Gasteiger partial charge on any atom is -0.400 e. The number of benzene rings is 1. The lowest BCUT2D eigenvalue weighted by atomic mass is 9.85. The Balaban J connectivity index is 0. The van der Waals surface area contributed by atoms with E-state index >= 15 is 0 Å². The summed E-state index contributed by atoms with van der Waals surface area (Å²) < 4.78 is 0.955. The SMILES string of the molecule is C/C=C\C(C)=C/C.CC.CC=O.CC=O.CN1[C@H](C(=O)NC(Cc2ccc(Br)cc2)C(=O)N2CCC[C@H]2C(N)=O)C[C@@H]2CCCC[C@@H]21.CO. The minimum atomic E-state index is -0.723. The van der Waals surface area contributed by atoms with Crippen molar-refractivity contribution in [3.63, 3.8) is 0 Å². The molecule has 2 aliphatic heterocycles. The molecule has 2 saturated heterocycles. The number of nitrogens with two attached hydrogens (primary N) is 1. The topological polar surface area (TPSA) is 150 Å². The fourth-order valence-electron chi connectivity index (χ4n) is 6.19. The molecule has 2 heterocycles. The van der Waals surface area contributed by atoms with E-state index in [1.165, 1.54) is 38.7 Å². The molecule has 0 spiro atoms. The number of likely N-dealkylation sites (tertiary alicyclic amines) is 2. The molecule has 3 fully saturated rings. The molecule has 4 N–H and O–H groups in total. The number of nitrogens with zero attached hydrogens (tertiary/aromatic N) is 2. The van der Waals surface area contributed by atoms with Crippen molar-refractivity contribution in [1.29, 1.82) is 0 Å². The van der Waals surface area contributed by atoms with Gasteiger partial charge in [0, 0.05) is 30.6 Å². The second kappa shape index (κ2) is 28.7. The average molecular weight is 752 g/mol. The zero-order valence-electron chi connectivity index (χ0n) is 31.3. The van der Waals surface area contributed by atoms with Crippen LogP contribution in [0.5, 0.6) is 0 Å². The second-order valence-corrected chi connectivity index (χ2v) is 12.4. The Morgan fingerprint density at radius 1 is 0.959 bits per heavy atom. The first-order valence-electron chi connectivity index (χ1n) is 17.4. The van der Waals surface area contributed by atoms with E-state index in [-0.39, 0.29) is 17.9 Å². The smallest absolute Gasteiger partial charge is 0.246 e. The third-order valence-corrected chi connectivity index (χ3v) is 8.96. The third-order valence-electron chi connectivity index (χ3n) is 8.43. The van der Waals surface area contributed by atoms with Gasteiger partial charge < -0.3 is 30.6 Å². The zero-order chi connectivity index (χ0) is 37.9. The van der Waals surface area contributed by atoms with Gasteiger partial charge in [-0.1, -0.05) is 78.6 Å². The van der Waals surface area contributed by atoms with E-state index < -0.39 is 18.0 Å². The Labute approximate surface area is 304 Å². The van der Waals surface area contributed by atoms with Gasteiger partial charge in [0.1, 0.15) is 24.7 Å². The maximum atomic E-state index is 13.5. The molecule has 0 aromatic heterocycles. The zero-order valence-corrected chi connectivity index (χ0v) is 32.9. The van der Waals surface area contributed by atoms with Crippen LogP contribution in [0.1, 0.15) is 99.0 Å². The van der Waals surface area contributed by atoms with Crippen molar-refractivity contribution >= 4 is 46.2 Å². The first-order valence-corrected chi connectivity index (χ1v) is 18.1. The maximum absolute atomic E-state index is 13.5. The highest BCUT2D eigenvalue weighted by Gasteiger charge is 2.44. The molecule has 1 aromatic rings. The summed E-state index contributed by atoms with van der Waals surface area (Å²) in [4.78, 5) is 60.1. The van der Waals surface area contributed by atoms with Crippen LogP contribution in [0.15, 0.2) is 52.5 Å². The largest absolute Gasteiger partial charge is 0.400 e. The number of likely N-dealkylation sites (N-methyl/N-ethyl adjacent to an activating group) is 1. The van der Waals surface area contributed by atoms with Gasteiger partial charge in [-0.3, -0.25) is 19.3 Å². The van der Waals surface area contributed by atoms with Crippen molar-refractivity contribution < 1.29 is 29.1 Å². The van der Waals surface area contributed by atoms with Crippen molar-refractivity contribution in [1.82, 2.24) is 15.1 Å². The van der Waals surface area contributed by atoms with E-state index in [0.29, 0.717) is 31.3 Å². The molecule has 49 heavy (non-hydrogen) atoms. The maximum Gasteiger partial charge on any atom is 0.246 e. The number of hydrogen-bond donors (Lipinski definition) is 3. The number of halogens is 1. The fraction of sp³-hybridized carbons (Fsp3) is 0.605. The summed E-state index contributed by atoms with van der Waals surface area (Å²) in [6.07, 6.45) is 15.0. The highest BCUT2D eigenvalue weighted by Crippen LogP contribution is 2.38. The summed E-state index contributed by atoms with van der Waals surface area (Å²) in [7, 11) is 3.04. The third kappa shape index (κ3) is 17.4. The highest BCUT2D eigenvalue weighted by atomic mass is 79.9. The van der Waals surface area contributed by atoms with Crippen LogP contribution in [0.25, 0.3) is 0 Å². The van der Waals surface area contributed by atoms with Crippen LogP contribution in [0.4, 0.5) is 0 Å². The summed E-state index contributed by atoms with van der Waals surface area (Å²) >= 11 is 3.44. The number of carbonyl (C=O) groups is 5. The Hall–Kier alpha value is -3.15. The summed E-state index contributed by atoms with van der Waals surface area (Å²) in [5.74, 6) is -0.236. The van der Waals surface area contributed by atoms with Gasteiger partial charge in [0.15, 0.2) is 0 Å².